The lowest BCUT2D eigenvalue weighted by atomic mass is 10.00. The van der Waals surface area contributed by atoms with Crippen molar-refractivity contribution in [2.75, 3.05) is 13.6 Å². The van der Waals surface area contributed by atoms with Gasteiger partial charge in [-0.05, 0) is 13.3 Å². The second-order valence-corrected chi connectivity index (χ2v) is 4.90. The van der Waals surface area contributed by atoms with Crippen LogP contribution in [0.1, 0.15) is 25.3 Å². The lowest BCUT2D eigenvalue weighted by Gasteiger charge is -2.27. The van der Waals surface area contributed by atoms with E-state index in [1.54, 1.807) is 6.20 Å². The van der Waals surface area contributed by atoms with Gasteiger partial charge in [0.25, 0.3) is 0 Å². The smallest absolute Gasteiger partial charge is 0.321 e. The zero-order valence-corrected chi connectivity index (χ0v) is 11.6. The van der Waals surface area contributed by atoms with Gasteiger partial charge in [0.15, 0.2) is 0 Å². The Morgan fingerprint density at radius 3 is 2.72 bits per heavy atom. The number of nitrogens with one attached hydrogen (secondary N) is 3. The number of imide groups is 1. The molecule has 0 saturated carbocycles. The first-order chi connectivity index (χ1) is 8.51. The molecule has 0 aromatic carbocycles. The Bertz CT molecular complexity index is 407. The molecule has 0 radical (unpaired) electrons. The van der Waals surface area contributed by atoms with Crippen molar-refractivity contribution in [3.63, 3.8) is 0 Å². The third-order valence-electron chi connectivity index (χ3n) is 2.73. The average molecular weight is 270 g/mol. The van der Waals surface area contributed by atoms with Gasteiger partial charge in [0.1, 0.15) is 5.01 Å². The molecule has 1 heterocycles. The number of amides is 3. The minimum Gasteiger partial charge on any atom is -0.341 e. The van der Waals surface area contributed by atoms with Crippen molar-refractivity contribution < 1.29 is 9.59 Å². The van der Waals surface area contributed by atoms with Crippen LogP contribution in [0, 0.1) is 0 Å². The van der Waals surface area contributed by atoms with Crippen molar-refractivity contribution >= 4 is 23.3 Å². The molecule has 0 aliphatic heterocycles. The molecule has 0 unspecified atom stereocenters. The molecule has 18 heavy (non-hydrogen) atoms. The first-order valence-electron chi connectivity index (χ1n) is 5.68. The van der Waals surface area contributed by atoms with Gasteiger partial charge in [-0.3, -0.25) is 15.4 Å². The van der Waals surface area contributed by atoms with Crippen LogP contribution in [-0.2, 0) is 10.3 Å². The van der Waals surface area contributed by atoms with Crippen molar-refractivity contribution in [2.24, 2.45) is 0 Å². The molecule has 1 atom stereocenters. The summed E-state index contributed by atoms with van der Waals surface area (Å²) in [6.07, 6.45) is 2.54. The zero-order chi connectivity index (χ0) is 13.6. The highest BCUT2D eigenvalue weighted by atomic mass is 32.1. The van der Waals surface area contributed by atoms with Crippen LogP contribution in [0.25, 0.3) is 0 Å². The van der Waals surface area contributed by atoms with E-state index in [0.29, 0.717) is 0 Å². The maximum atomic E-state index is 11.5. The Hall–Kier alpha value is -1.47. The lowest BCUT2D eigenvalue weighted by molar-refractivity contribution is -0.119. The molecule has 0 saturated heterocycles. The van der Waals surface area contributed by atoms with Gasteiger partial charge in [-0.15, -0.1) is 11.3 Å². The van der Waals surface area contributed by atoms with Crippen LogP contribution >= 0.6 is 11.3 Å². The van der Waals surface area contributed by atoms with Crippen LogP contribution < -0.4 is 16.0 Å². The first-order valence-corrected chi connectivity index (χ1v) is 6.56. The number of carbonyl (C=O) groups excluding carboxylic acids is 2. The van der Waals surface area contributed by atoms with Gasteiger partial charge in [0.05, 0.1) is 12.1 Å². The molecule has 1 aromatic rings. The fraction of sp³-hybridized carbons (Fsp3) is 0.545. The summed E-state index contributed by atoms with van der Waals surface area (Å²) >= 11 is 1.54. The highest BCUT2D eigenvalue weighted by Gasteiger charge is 2.27. The van der Waals surface area contributed by atoms with E-state index in [1.807, 2.05) is 19.2 Å². The highest BCUT2D eigenvalue weighted by Crippen LogP contribution is 2.25. The van der Waals surface area contributed by atoms with Gasteiger partial charge in [0, 0.05) is 18.6 Å². The summed E-state index contributed by atoms with van der Waals surface area (Å²) < 4.78 is 0. The van der Waals surface area contributed by atoms with Crippen LogP contribution in [0.2, 0.25) is 0 Å². The summed E-state index contributed by atoms with van der Waals surface area (Å²) in [6.45, 7) is 4.07. The van der Waals surface area contributed by atoms with Crippen LogP contribution in [0.5, 0.6) is 0 Å². The van der Waals surface area contributed by atoms with Crippen molar-refractivity contribution in [2.45, 2.75) is 25.8 Å². The van der Waals surface area contributed by atoms with Crippen LogP contribution in [-0.4, -0.2) is 30.5 Å². The lowest BCUT2D eigenvalue weighted by Crippen LogP contribution is -2.47. The quantitative estimate of drug-likeness (QED) is 0.739. The second kappa shape index (κ2) is 6.46. The molecular weight excluding hydrogens is 252 g/mol. The number of hydrogen-bond acceptors (Lipinski definition) is 5. The van der Waals surface area contributed by atoms with E-state index in [0.717, 1.165) is 11.4 Å². The molecule has 1 rings (SSSR count). The van der Waals surface area contributed by atoms with Gasteiger partial charge in [0.2, 0.25) is 5.91 Å². The van der Waals surface area contributed by atoms with E-state index in [1.165, 1.54) is 18.4 Å². The molecule has 0 aliphatic carbocycles. The fourth-order valence-electron chi connectivity index (χ4n) is 1.36. The Kier molecular flexibility index (Phi) is 5.24. The molecule has 0 spiro atoms. The van der Waals surface area contributed by atoms with Gasteiger partial charge in [-0.1, -0.05) is 6.92 Å². The third kappa shape index (κ3) is 3.78. The maximum absolute atomic E-state index is 11.5. The number of urea groups is 1. The summed E-state index contributed by atoms with van der Waals surface area (Å²) in [6, 6.07) is -0.505. The Balaban J connectivity index is 2.55. The Morgan fingerprint density at radius 1 is 1.50 bits per heavy atom. The molecule has 1 aromatic heterocycles. The summed E-state index contributed by atoms with van der Waals surface area (Å²) in [7, 11) is 1.46. The van der Waals surface area contributed by atoms with Gasteiger partial charge >= 0.3 is 6.03 Å². The van der Waals surface area contributed by atoms with E-state index in [-0.39, 0.29) is 18.0 Å². The topological polar surface area (TPSA) is 83.1 Å². The molecule has 0 bridgehead atoms. The first kappa shape index (κ1) is 14.6. The van der Waals surface area contributed by atoms with Crippen molar-refractivity contribution in [1.29, 1.82) is 0 Å². The molecule has 3 amide bonds. The van der Waals surface area contributed by atoms with Crippen LogP contribution in [0.3, 0.4) is 0 Å². The zero-order valence-electron chi connectivity index (χ0n) is 10.7. The van der Waals surface area contributed by atoms with Crippen molar-refractivity contribution in [3.8, 4) is 0 Å². The van der Waals surface area contributed by atoms with Crippen molar-refractivity contribution in [1.82, 2.24) is 20.9 Å². The van der Waals surface area contributed by atoms with E-state index in [4.69, 9.17) is 0 Å². The molecule has 6 nitrogen and oxygen atoms in total. The SMILES string of the molecule is CC[C@](C)(NCC(=O)NC(=O)NC)c1nccs1. The van der Waals surface area contributed by atoms with Crippen LogP contribution in [0.15, 0.2) is 11.6 Å². The van der Waals surface area contributed by atoms with Gasteiger partial charge in [-0.2, -0.15) is 0 Å². The number of aromatic nitrogens is 1. The van der Waals surface area contributed by atoms with Crippen LogP contribution in [0.4, 0.5) is 4.79 Å². The van der Waals surface area contributed by atoms with E-state index >= 15 is 0 Å². The maximum Gasteiger partial charge on any atom is 0.321 e. The average Bonchev–Trinajstić information content (AvgIpc) is 2.90. The summed E-state index contributed by atoms with van der Waals surface area (Å²) in [5.74, 6) is -0.370. The number of hydrogen-bond donors (Lipinski definition) is 3. The van der Waals surface area contributed by atoms with Gasteiger partial charge < -0.3 is 5.32 Å². The minimum atomic E-state index is -0.505. The second-order valence-electron chi connectivity index (χ2n) is 4.00. The summed E-state index contributed by atoms with van der Waals surface area (Å²) in [4.78, 5) is 26.7. The number of nitrogens with zero attached hydrogens (tertiary/aromatic N) is 1. The Labute approximate surface area is 110 Å². The van der Waals surface area contributed by atoms with E-state index < -0.39 is 6.03 Å². The van der Waals surface area contributed by atoms with E-state index in [2.05, 4.69) is 20.9 Å². The standard InChI is InChI=1S/C11H18N4O2S/c1-4-11(2,9-13-5-6-18-9)14-7-8(16)15-10(17)12-3/h5-6,14H,4,7H2,1-3H3,(H2,12,15,16,17)/t11-/m0/s1. The van der Waals surface area contributed by atoms with E-state index in [9.17, 15) is 9.59 Å². The van der Waals surface area contributed by atoms with Gasteiger partial charge in [-0.25, -0.2) is 9.78 Å². The molecule has 100 valence electrons. The highest BCUT2D eigenvalue weighted by molar-refractivity contribution is 7.09. The molecule has 3 N–H and O–H groups in total. The number of rotatable bonds is 5. The third-order valence-corrected chi connectivity index (χ3v) is 3.77. The molecule has 0 aliphatic rings. The summed E-state index contributed by atoms with van der Waals surface area (Å²) in [5.41, 5.74) is -0.353. The number of thiazole rings is 1. The van der Waals surface area contributed by atoms with Crippen molar-refractivity contribution in [3.05, 3.63) is 16.6 Å². The predicted molar refractivity (Wildman–Crippen MR) is 70.4 cm³/mol. The molecular formula is C11H18N4O2S. The normalized spacial score (nSPS) is 13.7. The molecule has 0 fully saturated rings. The molecule has 7 heteroatoms. The number of carbonyl (C=O) groups is 2. The monoisotopic (exact) mass is 270 g/mol. The Morgan fingerprint density at radius 2 is 2.22 bits per heavy atom. The minimum absolute atomic E-state index is 0.0668. The fourth-order valence-corrected chi connectivity index (χ4v) is 2.21. The largest absolute Gasteiger partial charge is 0.341 e. The predicted octanol–water partition coefficient (Wildman–Crippen LogP) is 0.814. The summed E-state index contributed by atoms with van der Waals surface area (Å²) in [5, 5.41) is 10.5.